The van der Waals surface area contributed by atoms with Gasteiger partial charge in [-0.25, -0.2) is 9.37 Å². The molecule has 9 nitrogen and oxygen atoms in total. The molecule has 2 atom stereocenters. The smallest absolute Gasteiger partial charge is 0.251 e. The second-order valence-electron chi connectivity index (χ2n) is 11.5. The summed E-state index contributed by atoms with van der Waals surface area (Å²) in [7, 11) is 1.51. The Labute approximate surface area is 252 Å². The number of aryl methyl sites for hydroxylation is 1. The van der Waals surface area contributed by atoms with Gasteiger partial charge in [0, 0.05) is 28.3 Å². The predicted octanol–water partition coefficient (Wildman–Crippen LogP) is 4.57. The van der Waals surface area contributed by atoms with Gasteiger partial charge in [-0.2, -0.15) is 0 Å². The number of fused-ring (bicyclic) bond motifs is 2. The Morgan fingerprint density at radius 2 is 2.02 bits per heavy atom. The quantitative estimate of drug-likeness (QED) is 0.268. The van der Waals surface area contributed by atoms with E-state index in [-0.39, 0.29) is 35.5 Å². The third-order valence-electron chi connectivity index (χ3n) is 8.39. The summed E-state index contributed by atoms with van der Waals surface area (Å²) in [4.78, 5) is 35.3. The number of nitrogens with one attached hydrogen (secondary N) is 1. The van der Waals surface area contributed by atoms with Crippen LogP contribution in [-0.2, 0) is 15.8 Å². The van der Waals surface area contributed by atoms with Crippen LogP contribution in [0, 0.1) is 18.7 Å². The number of ether oxygens (including phenoxy) is 2. The molecule has 0 bridgehead atoms. The number of primary amides is 1. The van der Waals surface area contributed by atoms with E-state index < -0.39 is 28.6 Å². The molecule has 1 fully saturated rings. The second kappa shape index (κ2) is 10.5. The number of carbonyl (C=O) groups excluding carboxylic acids is 2. The van der Waals surface area contributed by atoms with Gasteiger partial charge in [-0.15, -0.1) is 0 Å². The Hall–Kier alpha value is -4.28. The summed E-state index contributed by atoms with van der Waals surface area (Å²) < 4.78 is 25.5. The second-order valence-corrected chi connectivity index (χ2v) is 11.9. The van der Waals surface area contributed by atoms with Crippen LogP contribution in [0.4, 0.5) is 4.39 Å². The fourth-order valence-corrected chi connectivity index (χ4v) is 5.76. The number of hydrogen-bond donors (Lipinski definition) is 3. The molecule has 1 aliphatic carbocycles. The Bertz CT molecular complexity index is 1810. The van der Waals surface area contributed by atoms with Gasteiger partial charge in [0.2, 0.25) is 5.91 Å². The molecule has 43 heavy (non-hydrogen) atoms. The first kappa shape index (κ1) is 28.8. The van der Waals surface area contributed by atoms with Gasteiger partial charge < -0.3 is 25.6 Å². The van der Waals surface area contributed by atoms with E-state index >= 15 is 0 Å². The monoisotopic (exact) mass is 604 g/mol. The average Bonchev–Trinajstić information content (AvgIpc) is 3.79. The molecule has 11 heteroatoms. The number of aromatic nitrogens is 2. The van der Waals surface area contributed by atoms with Gasteiger partial charge in [0.05, 0.1) is 24.4 Å². The molecule has 1 aliphatic heterocycles. The van der Waals surface area contributed by atoms with Crippen LogP contribution in [0.1, 0.15) is 46.9 Å². The largest absolute Gasteiger partial charge is 0.494 e. The van der Waals surface area contributed by atoms with Crippen LogP contribution in [0.5, 0.6) is 11.5 Å². The van der Waals surface area contributed by atoms with E-state index in [2.05, 4.69) is 10.3 Å². The van der Waals surface area contributed by atoms with E-state index in [9.17, 15) is 19.1 Å². The van der Waals surface area contributed by atoms with Crippen molar-refractivity contribution in [3.63, 3.8) is 0 Å². The lowest BCUT2D eigenvalue weighted by Gasteiger charge is -2.30. The molecule has 0 saturated heterocycles. The third-order valence-corrected chi connectivity index (χ3v) is 8.68. The van der Waals surface area contributed by atoms with Crippen molar-refractivity contribution in [2.75, 3.05) is 20.3 Å². The van der Waals surface area contributed by atoms with Gasteiger partial charge >= 0.3 is 0 Å². The maximum Gasteiger partial charge on any atom is 0.251 e. The Kier molecular flexibility index (Phi) is 7.01. The number of aliphatic hydroxyl groups is 1. The van der Waals surface area contributed by atoms with Gasteiger partial charge in [0.1, 0.15) is 46.1 Å². The van der Waals surface area contributed by atoms with E-state index in [0.29, 0.717) is 46.5 Å². The van der Waals surface area contributed by atoms with Crippen LogP contribution in [0.3, 0.4) is 0 Å². The number of benzene rings is 2. The highest BCUT2D eigenvalue weighted by molar-refractivity contribution is 6.31. The molecular formula is C32H30ClFN4O5. The summed E-state index contributed by atoms with van der Waals surface area (Å²) >= 11 is 6.09. The molecule has 2 aliphatic rings. The molecule has 1 unspecified atom stereocenters. The molecule has 4 aromatic rings. The van der Waals surface area contributed by atoms with E-state index in [4.69, 9.17) is 31.8 Å². The van der Waals surface area contributed by atoms with E-state index in [1.165, 1.54) is 25.3 Å². The number of hydrogen-bond acceptors (Lipinski definition) is 7. The van der Waals surface area contributed by atoms with Crippen LogP contribution < -0.4 is 20.5 Å². The molecule has 3 heterocycles. The van der Waals surface area contributed by atoms with Gasteiger partial charge in [-0.05, 0) is 80.6 Å². The van der Waals surface area contributed by atoms with Crippen molar-refractivity contribution in [3.8, 4) is 22.8 Å². The fraction of sp³-hybridized carbons (Fsp3) is 0.312. The van der Waals surface area contributed by atoms with Gasteiger partial charge in [0.15, 0.2) is 0 Å². The first-order valence-electron chi connectivity index (χ1n) is 13.8. The zero-order chi connectivity index (χ0) is 30.7. The van der Waals surface area contributed by atoms with Crippen molar-refractivity contribution < 1.29 is 28.6 Å². The molecular weight excluding hydrogens is 575 g/mol. The molecule has 6 rings (SSSR count). The Balaban J connectivity index is 1.40. The maximum absolute atomic E-state index is 14.0. The van der Waals surface area contributed by atoms with Crippen molar-refractivity contribution in [2.24, 2.45) is 11.7 Å². The highest BCUT2D eigenvalue weighted by Gasteiger charge is 2.50. The van der Waals surface area contributed by atoms with E-state index in [1.54, 1.807) is 31.3 Å². The number of rotatable bonds is 8. The topological polar surface area (TPSA) is 137 Å². The van der Waals surface area contributed by atoms with Crippen molar-refractivity contribution in [1.82, 2.24) is 15.3 Å². The third kappa shape index (κ3) is 4.94. The number of carbonyl (C=O) groups is 2. The lowest BCUT2D eigenvalue weighted by molar-refractivity contribution is -0.123. The van der Waals surface area contributed by atoms with Gasteiger partial charge in [-0.1, -0.05) is 11.6 Å². The minimum absolute atomic E-state index is 0.0263. The zero-order valence-corrected chi connectivity index (χ0v) is 24.6. The molecule has 0 spiro atoms. The molecule has 222 valence electrons. The molecule has 2 amide bonds. The first-order valence-corrected chi connectivity index (χ1v) is 14.2. The summed E-state index contributed by atoms with van der Waals surface area (Å²) in [6, 6.07) is 11.0. The average molecular weight is 605 g/mol. The molecule has 4 N–H and O–H groups in total. The van der Waals surface area contributed by atoms with Gasteiger partial charge in [0.25, 0.3) is 5.91 Å². The zero-order valence-electron chi connectivity index (χ0n) is 23.8. The van der Waals surface area contributed by atoms with E-state index in [0.717, 1.165) is 10.9 Å². The lowest BCUT2D eigenvalue weighted by atomic mass is 9.81. The number of halogens is 2. The van der Waals surface area contributed by atoms with Crippen LogP contribution >= 0.6 is 11.6 Å². The number of methoxy groups -OCH3 is 1. The molecule has 0 radical (unpaired) electrons. The van der Waals surface area contributed by atoms with E-state index in [1.807, 2.05) is 13.0 Å². The minimum Gasteiger partial charge on any atom is -0.494 e. The van der Waals surface area contributed by atoms with Crippen LogP contribution in [-0.4, -0.2) is 47.2 Å². The van der Waals surface area contributed by atoms with Crippen molar-refractivity contribution in [1.29, 1.82) is 0 Å². The summed E-state index contributed by atoms with van der Waals surface area (Å²) in [6.07, 6.45) is 3.15. The summed E-state index contributed by atoms with van der Waals surface area (Å²) in [6.45, 7) is 3.38. The number of pyridine rings is 2. The van der Waals surface area contributed by atoms with Crippen LogP contribution in [0.2, 0.25) is 5.02 Å². The summed E-state index contributed by atoms with van der Waals surface area (Å²) in [5.74, 6) is -1.07. The lowest BCUT2D eigenvalue weighted by Crippen LogP contribution is -2.44. The SMILES string of the molecule is COc1cc(C(=O)NCC(O)(c2cc3c(c(-c4ccc(F)c(Cl)c4)n2)OC[C@]3(C)C(N)=O)C2CC2)cc2cc(C)cnc12. The summed E-state index contributed by atoms with van der Waals surface area (Å²) in [5.41, 5.74) is 6.32. The number of amides is 2. The maximum atomic E-state index is 14.0. The first-order chi connectivity index (χ1) is 20.4. The minimum atomic E-state index is -1.59. The fourth-order valence-electron chi connectivity index (χ4n) is 5.58. The predicted molar refractivity (Wildman–Crippen MR) is 159 cm³/mol. The molecule has 2 aromatic carbocycles. The normalized spacial score (nSPS) is 18.9. The van der Waals surface area contributed by atoms with Gasteiger partial charge in [-0.3, -0.25) is 14.6 Å². The van der Waals surface area contributed by atoms with Crippen LogP contribution in [0.25, 0.3) is 22.2 Å². The Morgan fingerprint density at radius 3 is 2.70 bits per heavy atom. The highest BCUT2D eigenvalue weighted by atomic mass is 35.5. The standard InChI is InChI=1S/C32H30ClFN4O5/c1-16-8-18-9-19(11-24(42-3)26(18)36-13-16)29(39)37-14-32(41,20-5-6-20)25-12-21-28(43-15-31(21,2)30(35)40)27(38-25)17-4-7-23(34)22(33)10-17/h4,7-13,20,41H,5-6,14-15H2,1-3H3,(H2,35,40)(H,37,39)/t31-,32?/m0/s1. The number of nitrogens with two attached hydrogens (primary N) is 1. The van der Waals surface area contributed by atoms with Crippen molar-refractivity contribution >= 4 is 34.3 Å². The van der Waals surface area contributed by atoms with Crippen molar-refractivity contribution in [2.45, 2.75) is 37.7 Å². The van der Waals surface area contributed by atoms with Crippen molar-refractivity contribution in [3.05, 3.63) is 81.9 Å². The Morgan fingerprint density at radius 1 is 1.26 bits per heavy atom. The highest BCUT2D eigenvalue weighted by Crippen LogP contribution is 2.50. The van der Waals surface area contributed by atoms with Crippen LogP contribution in [0.15, 0.2) is 48.7 Å². The number of nitrogens with zero attached hydrogens (tertiary/aromatic N) is 2. The molecule has 1 saturated carbocycles. The summed E-state index contributed by atoms with van der Waals surface area (Å²) in [5, 5.41) is 15.7. The molecule has 2 aromatic heterocycles.